The zero-order chi connectivity index (χ0) is 35.5. The molecule has 13 nitrogen and oxygen atoms in total. The number of benzene rings is 2. The summed E-state index contributed by atoms with van der Waals surface area (Å²) < 4.78 is 16.2. The van der Waals surface area contributed by atoms with Gasteiger partial charge in [0.05, 0.1) is 0 Å². The van der Waals surface area contributed by atoms with Crippen molar-refractivity contribution in [2.75, 3.05) is 19.7 Å². The summed E-state index contributed by atoms with van der Waals surface area (Å²) in [4.78, 5) is 62.4. The van der Waals surface area contributed by atoms with Crippen LogP contribution in [0.1, 0.15) is 84.3 Å². The lowest BCUT2D eigenvalue weighted by Crippen LogP contribution is -2.51. The van der Waals surface area contributed by atoms with Gasteiger partial charge in [0.1, 0.15) is 23.9 Å². The minimum absolute atomic E-state index is 0.0239. The summed E-state index contributed by atoms with van der Waals surface area (Å²) in [5.41, 5.74) is 8.19. The van der Waals surface area contributed by atoms with Crippen LogP contribution in [0.2, 0.25) is 0 Å². The molecule has 0 aromatic heterocycles. The highest BCUT2D eigenvalue weighted by Crippen LogP contribution is 2.44. The SMILES string of the molecule is CC(C)(C)OC(=O)NCCC[C@@H](CNC(=O)[C@H](CCC(N)=O)NC(=O)OCC1c2ccccc2-c2ccccc21)NC(=O)OC(C)(C)C. The summed E-state index contributed by atoms with van der Waals surface area (Å²) in [6.07, 6.45) is -1.47. The molecule has 6 N–H and O–H groups in total. The van der Waals surface area contributed by atoms with E-state index in [9.17, 15) is 24.0 Å². The number of rotatable bonds is 14. The Morgan fingerprint density at radius 1 is 0.750 bits per heavy atom. The van der Waals surface area contributed by atoms with E-state index in [0.717, 1.165) is 22.3 Å². The predicted octanol–water partition coefficient (Wildman–Crippen LogP) is 4.47. The molecule has 0 heterocycles. The zero-order valence-corrected chi connectivity index (χ0v) is 28.6. The molecular weight excluding hydrogens is 618 g/mol. The second-order valence-corrected chi connectivity index (χ2v) is 13.7. The van der Waals surface area contributed by atoms with Crippen molar-refractivity contribution in [1.29, 1.82) is 0 Å². The predicted molar refractivity (Wildman–Crippen MR) is 180 cm³/mol. The van der Waals surface area contributed by atoms with Gasteiger partial charge >= 0.3 is 18.3 Å². The molecule has 262 valence electrons. The van der Waals surface area contributed by atoms with Crippen LogP contribution in [-0.2, 0) is 23.8 Å². The van der Waals surface area contributed by atoms with Crippen LogP contribution in [0.5, 0.6) is 0 Å². The molecule has 13 heteroatoms. The Morgan fingerprint density at radius 2 is 1.31 bits per heavy atom. The lowest BCUT2D eigenvalue weighted by atomic mass is 9.98. The van der Waals surface area contributed by atoms with Crippen molar-refractivity contribution in [1.82, 2.24) is 21.3 Å². The van der Waals surface area contributed by atoms with Crippen LogP contribution in [0.25, 0.3) is 11.1 Å². The number of fused-ring (bicyclic) bond motifs is 3. The van der Waals surface area contributed by atoms with Crippen molar-refractivity contribution in [3.05, 3.63) is 59.7 Å². The molecule has 0 bridgehead atoms. The molecular formula is C35H49N5O8. The minimum atomic E-state index is -1.14. The molecule has 1 aliphatic rings. The van der Waals surface area contributed by atoms with Gasteiger partial charge in [0.2, 0.25) is 11.8 Å². The molecule has 0 spiro atoms. The number of nitrogens with two attached hydrogens (primary N) is 1. The maximum atomic E-state index is 13.3. The molecule has 0 aliphatic heterocycles. The van der Waals surface area contributed by atoms with Crippen molar-refractivity contribution in [3.63, 3.8) is 0 Å². The van der Waals surface area contributed by atoms with Gasteiger partial charge < -0.3 is 41.2 Å². The highest BCUT2D eigenvalue weighted by molar-refractivity contribution is 5.86. The molecule has 1 aliphatic carbocycles. The first kappa shape index (κ1) is 37.6. The van der Waals surface area contributed by atoms with E-state index in [0.29, 0.717) is 12.8 Å². The third kappa shape index (κ3) is 12.4. The summed E-state index contributed by atoms with van der Waals surface area (Å²) in [5, 5.41) is 10.7. The van der Waals surface area contributed by atoms with Gasteiger partial charge in [-0.15, -0.1) is 0 Å². The maximum Gasteiger partial charge on any atom is 0.407 e. The number of primary amides is 1. The van der Waals surface area contributed by atoms with Crippen LogP contribution in [0.3, 0.4) is 0 Å². The topological polar surface area (TPSA) is 187 Å². The number of hydrogen-bond acceptors (Lipinski definition) is 8. The fourth-order valence-electron chi connectivity index (χ4n) is 5.24. The third-order valence-corrected chi connectivity index (χ3v) is 7.27. The Hall–Kier alpha value is -4.81. The van der Waals surface area contributed by atoms with E-state index in [1.807, 2.05) is 48.5 Å². The second-order valence-electron chi connectivity index (χ2n) is 13.7. The van der Waals surface area contributed by atoms with Gasteiger partial charge in [-0.3, -0.25) is 9.59 Å². The Labute approximate surface area is 282 Å². The maximum absolute atomic E-state index is 13.3. The second kappa shape index (κ2) is 16.8. The quantitative estimate of drug-likeness (QED) is 0.144. The Balaban J connectivity index is 1.60. The Morgan fingerprint density at radius 3 is 1.88 bits per heavy atom. The molecule has 48 heavy (non-hydrogen) atoms. The molecule has 0 saturated carbocycles. The lowest BCUT2D eigenvalue weighted by molar-refractivity contribution is -0.123. The number of carbonyl (C=O) groups excluding carboxylic acids is 5. The van der Waals surface area contributed by atoms with Gasteiger partial charge in [-0.2, -0.15) is 0 Å². The van der Waals surface area contributed by atoms with Gasteiger partial charge in [-0.25, -0.2) is 14.4 Å². The monoisotopic (exact) mass is 667 g/mol. The molecule has 2 atom stereocenters. The Bertz CT molecular complexity index is 1400. The molecule has 5 amide bonds. The lowest BCUT2D eigenvalue weighted by Gasteiger charge is -2.25. The van der Waals surface area contributed by atoms with Crippen LogP contribution < -0.4 is 27.0 Å². The first-order chi connectivity index (χ1) is 22.5. The highest BCUT2D eigenvalue weighted by atomic mass is 16.6. The van der Waals surface area contributed by atoms with Gasteiger partial charge in [0, 0.05) is 31.5 Å². The molecule has 2 aromatic rings. The molecule has 2 aromatic carbocycles. The molecule has 0 saturated heterocycles. The zero-order valence-electron chi connectivity index (χ0n) is 28.6. The van der Waals surface area contributed by atoms with E-state index in [1.54, 1.807) is 41.5 Å². The standard InChI is InChI=1S/C35H49N5O8/c1-34(2,3)47-31(43)37-19-11-12-22(39-33(45)48-35(4,5)6)20-38-30(42)28(17-18-29(36)41)40-32(44)46-21-27-25-15-9-7-13-23(25)24-14-8-10-16-26(24)27/h7-10,13-16,22,27-28H,11-12,17-21H2,1-6H3,(H2,36,41)(H,37,43)(H,38,42)(H,39,45)(H,40,44)/t22-,28-/m0/s1. The first-order valence-corrected chi connectivity index (χ1v) is 16.2. The van der Waals surface area contributed by atoms with Crippen molar-refractivity contribution in [2.24, 2.45) is 5.73 Å². The number of carbonyl (C=O) groups is 5. The van der Waals surface area contributed by atoms with Gasteiger partial charge in [0.15, 0.2) is 0 Å². The van der Waals surface area contributed by atoms with Crippen molar-refractivity contribution in [3.8, 4) is 11.1 Å². The van der Waals surface area contributed by atoms with Gasteiger partial charge in [0.25, 0.3) is 0 Å². The van der Waals surface area contributed by atoms with Gasteiger partial charge in [-0.1, -0.05) is 48.5 Å². The van der Waals surface area contributed by atoms with E-state index in [4.69, 9.17) is 19.9 Å². The average molecular weight is 668 g/mol. The molecule has 0 radical (unpaired) electrons. The number of hydrogen-bond donors (Lipinski definition) is 5. The van der Waals surface area contributed by atoms with E-state index in [1.165, 1.54) is 0 Å². The number of amides is 5. The molecule has 0 fully saturated rings. The van der Waals surface area contributed by atoms with Crippen LogP contribution >= 0.6 is 0 Å². The fraction of sp³-hybridized carbons (Fsp3) is 0.514. The number of nitrogens with one attached hydrogen (secondary N) is 4. The van der Waals surface area contributed by atoms with Gasteiger partial charge in [-0.05, 0) is 83.1 Å². The van der Waals surface area contributed by atoms with E-state index in [2.05, 4.69) is 21.3 Å². The largest absolute Gasteiger partial charge is 0.449 e. The van der Waals surface area contributed by atoms with E-state index >= 15 is 0 Å². The normalized spacial score (nSPS) is 13.6. The third-order valence-electron chi connectivity index (χ3n) is 7.27. The van der Waals surface area contributed by atoms with Crippen LogP contribution in [0, 0.1) is 0 Å². The van der Waals surface area contributed by atoms with E-state index < -0.39 is 53.4 Å². The van der Waals surface area contributed by atoms with Crippen molar-refractivity contribution < 1.29 is 38.2 Å². The Kier molecular flexibility index (Phi) is 13.2. The van der Waals surface area contributed by atoms with Crippen molar-refractivity contribution >= 4 is 30.1 Å². The number of ether oxygens (including phenoxy) is 3. The van der Waals surface area contributed by atoms with Crippen LogP contribution in [-0.4, -0.2) is 73.1 Å². The fourth-order valence-corrected chi connectivity index (χ4v) is 5.24. The average Bonchev–Trinajstić information content (AvgIpc) is 3.30. The van der Waals surface area contributed by atoms with E-state index in [-0.39, 0.29) is 38.5 Å². The highest BCUT2D eigenvalue weighted by Gasteiger charge is 2.30. The number of alkyl carbamates (subject to hydrolysis) is 3. The summed E-state index contributed by atoms with van der Waals surface area (Å²) in [7, 11) is 0. The summed E-state index contributed by atoms with van der Waals surface area (Å²) in [6.45, 7) is 10.7. The van der Waals surface area contributed by atoms with Crippen LogP contribution in [0.4, 0.5) is 14.4 Å². The summed E-state index contributed by atoms with van der Waals surface area (Å²) in [6, 6.07) is 14.1. The molecule has 3 rings (SSSR count). The van der Waals surface area contributed by atoms with Crippen molar-refractivity contribution in [2.45, 2.75) is 96.4 Å². The molecule has 0 unspecified atom stereocenters. The van der Waals surface area contributed by atoms with Crippen LogP contribution in [0.15, 0.2) is 48.5 Å². The summed E-state index contributed by atoms with van der Waals surface area (Å²) in [5.74, 6) is -1.40. The smallest absolute Gasteiger partial charge is 0.407 e. The first-order valence-electron chi connectivity index (χ1n) is 16.2. The minimum Gasteiger partial charge on any atom is -0.449 e. The summed E-state index contributed by atoms with van der Waals surface area (Å²) >= 11 is 0.